The smallest absolute Gasteiger partial charge is 0.0611 e. The van der Waals surface area contributed by atoms with Crippen LogP contribution in [0, 0.1) is 5.41 Å². The Bertz CT molecular complexity index is 303. The highest BCUT2D eigenvalue weighted by molar-refractivity contribution is 7.35. The highest BCUT2D eigenvalue weighted by atomic mass is 31.1. The maximum Gasteiger partial charge on any atom is 0.0611 e. The minimum Gasteiger partial charge on any atom is -0.361 e. The van der Waals surface area contributed by atoms with Gasteiger partial charge < -0.3 is 4.52 Å². The zero-order chi connectivity index (χ0) is 9.49. The first-order chi connectivity index (χ1) is 6.87. The van der Waals surface area contributed by atoms with E-state index in [4.69, 9.17) is 4.52 Å². The molecule has 3 aliphatic rings. The van der Waals surface area contributed by atoms with Gasteiger partial charge in [-0.3, -0.25) is 0 Å². The lowest BCUT2D eigenvalue weighted by Crippen LogP contribution is -2.44. The molecule has 1 heterocycles. The third-order valence-electron chi connectivity index (χ3n) is 3.36. The molecular weight excluding hydrogens is 191 g/mol. The predicted octanol–water partition coefficient (Wildman–Crippen LogP) is 2.98. The van der Waals surface area contributed by atoms with E-state index in [0.717, 1.165) is 13.0 Å². The standard InChI is InChI=1S/C12H13OP/c1-3-7-12-8-4-2-6-11(12,5-1)9-10-13-14-12/h1-8,14H,9-10H2. The largest absolute Gasteiger partial charge is 0.361 e. The highest BCUT2D eigenvalue weighted by Gasteiger charge is 2.49. The Morgan fingerprint density at radius 3 is 2.21 bits per heavy atom. The maximum atomic E-state index is 5.65. The van der Waals surface area contributed by atoms with Crippen molar-refractivity contribution in [3.05, 3.63) is 48.6 Å². The monoisotopic (exact) mass is 204 g/mol. The summed E-state index contributed by atoms with van der Waals surface area (Å²) in [5.74, 6) is 0. The SMILES string of the molecule is C1=CC23C=CC=CC2(C=C1)POCC3. The third kappa shape index (κ3) is 0.973. The van der Waals surface area contributed by atoms with Crippen molar-refractivity contribution < 1.29 is 4.52 Å². The second-order valence-electron chi connectivity index (χ2n) is 4.05. The minimum absolute atomic E-state index is 0.120. The molecule has 1 aliphatic heterocycles. The molecule has 1 nitrogen and oxygen atoms in total. The summed E-state index contributed by atoms with van der Waals surface area (Å²) in [6.45, 7) is 0.885. The van der Waals surface area contributed by atoms with Crippen LogP contribution in [-0.2, 0) is 4.52 Å². The molecule has 2 heteroatoms. The van der Waals surface area contributed by atoms with Gasteiger partial charge in [-0.25, -0.2) is 0 Å². The average Bonchev–Trinajstić information content (AvgIpc) is 2.27. The zero-order valence-electron chi connectivity index (χ0n) is 7.94. The molecule has 0 aromatic heterocycles. The Kier molecular flexibility index (Phi) is 1.80. The molecule has 0 N–H and O–H groups in total. The van der Waals surface area contributed by atoms with Gasteiger partial charge in [0.05, 0.1) is 11.8 Å². The van der Waals surface area contributed by atoms with Crippen LogP contribution in [0.25, 0.3) is 0 Å². The van der Waals surface area contributed by atoms with Crippen LogP contribution >= 0.6 is 8.81 Å². The third-order valence-corrected chi connectivity index (χ3v) is 4.84. The molecule has 0 aromatic carbocycles. The molecule has 0 radical (unpaired) electrons. The van der Waals surface area contributed by atoms with E-state index in [0.29, 0.717) is 8.81 Å². The fourth-order valence-electron chi connectivity index (χ4n) is 2.49. The van der Waals surface area contributed by atoms with Gasteiger partial charge in [-0.15, -0.1) is 0 Å². The first-order valence-electron chi connectivity index (χ1n) is 5.00. The van der Waals surface area contributed by atoms with Crippen molar-refractivity contribution in [2.75, 3.05) is 6.61 Å². The Labute approximate surface area is 86.1 Å². The van der Waals surface area contributed by atoms with E-state index in [9.17, 15) is 0 Å². The van der Waals surface area contributed by atoms with Crippen molar-refractivity contribution in [3.8, 4) is 0 Å². The van der Waals surface area contributed by atoms with Crippen LogP contribution in [0.4, 0.5) is 0 Å². The summed E-state index contributed by atoms with van der Waals surface area (Å²) < 4.78 is 5.65. The molecule has 3 rings (SSSR count). The van der Waals surface area contributed by atoms with Crippen molar-refractivity contribution in [1.29, 1.82) is 0 Å². The predicted molar refractivity (Wildman–Crippen MR) is 60.6 cm³/mol. The summed E-state index contributed by atoms with van der Waals surface area (Å²) >= 11 is 0. The topological polar surface area (TPSA) is 9.23 Å². The Hall–Kier alpha value is -0.650. The van der Waals surface area contributed by atoms with Gasteiger partial charge >= 0.3 is 0 Å². The summed E-state index contributed by atoms with van der Waals surface area (Å²) in [4.78, 5) is 0. The zero-order valence-corrected chi connectivity index (χ0v) is 8.94. The summed E-state index contributed by atoms with van der Waals surface area (Å²) in [5.41, 5.74) is 0.202. The lowest BCUT2D eigenvalue weighted by Gasteiger charge is -2.49. The van der Waals surface area contributed by atoms with E-state index in [1.807, 2.05) is 0 Å². The van der Waals surface area contributed by atoms with Crippen molar-refractivity contribution in [1.82, 2.24) is 0 Å². The van der Waals surface area contributed by atoms with Gasteiger partial charge in [0.1, 0.15) is 0 Å². The number of allylic oxidation sites excluding steroid dienone is 8. The number of hydrogen-bond donors (Lipinski definition) is 0. The van der Waals surface area contributed by atoms with Crippen molar-refractivity contribution in [2.45, 2.75) is 11.6 Å². The number of rotatable bonds is 0. The summed E-state index contributed by atoms with van der Waals surface area (Å²) in [6, 6.07) is 0. The van der Waals surface area contributed by atoms with Crippen LogP contribution in [0.2, 0.25) is 0 Å². The van der Waals surface area contributed by atoms with Gasteiger partial charge in [-0.05, 0) is 6.42 Å². The molecule has 2 aliphatic carbocycles. The van der Waals surface area contributed by atoms with Gasteiger partial charge in [0, 0.05) is 14.2 Å². The van der Waals surface area contributed by atoms with Gasteiger partial charge in [0.25, 0.3) is 0 Å². The summed E-state index contributed by atoms with van der Waals surface area (Å²) in [6.07, 6.45) is 19.0. The fraction of sp³-hybridized carbons (Fsp3) is 0.333. The van der Waals surface area contributed by atoms with E-state index in [-0.39, 0.29) is 10.6 Å². The van der Waals surface area contributed by atoms with Crippen LogP contribution in [-0.4, -0.2) is 11.8 Å². The Balaban J connectivity index is 2.15. The summed E-state index contributed by atoms with van der Waals surface area (Å²) in [7, 11) is 0.555. The minimum atomic E-state index is 0.120. The van der Waals surface area contributed by atoms with Gasteiger partial charge in [0.15, 0.2) is 0 Å². The van der Waals surface area contributed by atoms with Crippen LogP contribution in [0.1, 0.15) is 6.42 Å². The van der Waals surface area contributed by atoms with Gasteiger partial charge in [-0.2, -0.15) is 0 Å². The van der Waals surface area contributed by atoms with Crippen molar-refractivity contribution >= 4 is 8.81 Å². The second kappa shape index (κ2) is 2.92. The van der Waals surface area contributed by atoms with E-state index < -0.39 is 0 Å². The number of hydrogen-bond acceptors (Lipinski definition) is 1. The quantitative estimate of drug-likeness (QED) is 0.551. The first kappa shape index (κ1) is 8.64. The molecule has 0 bridgehead atoms. The molecule has 72 valence electrons. The lowest BCUT2D eigenvalue weighted by molar-refractivity contribution is 0.233. The Morgan fingerprint density at radius 2 is 1.57 bits per heavy atom. The van der Waals surface area contributed by atoms with E-state index in [2.05, 4.69) is 48.6 Å². The Morgan fingerprint density at radius 1 is 0.929 bits per heavy atom. The van der Waals surface area contributed by atoms with Crippen molar-refractivity contribution in [2.24, 2.45) is 5.41 Å². The molecule has 1 unspecified atom stereocenters. The molecule has 1 atom stereocenters. The molecule has 0 spiro atoms. The lowest BCUT2D eigenvalue weighted by atomic mass is 9.67. The maximum absolute atomic E-state index is 5.65. The molecule has 0 aromatic rings. The highest BCUT2D eigenvalue weighted by Crippen LogP contribution is 2.58. The van der Waals surface area contributed by atoms with Crippen LogP contribution in [0.15, 0.2) is 48.6 Å². The molecular formula is C12H13OP. The normalized spacial score (nSPS) is 45.1. The van der Waals surface area contributed by atoms with Crippen molar-refractivity contribution in [3.63, 3.8) is 0 Å². The molecule has 0 saturated carbocycles. The van der Waals surface area contributed by atoms with E-state index >= 15 is 0 Å². The second-order valence-corrected chi connectivity index (χ2v) is 5.37. The van der Waals surface area contributed by atoms with Gasteiger partial charge in [-0.1, -0.05) is 48.6 Å². The van der Waals surface area contributed by atoms with Gasteiger partial charge in [0.2, 0.25) is 0 Å². The average molecular weight is 204 g/mol. The molecule has 14 heavy (non-hydrogen) atoms. The molecule has 0 amide bonds. The van der Waals surface area contributed by atoms with E-state index in [1.54, 1.807) is 0 Å². The fourth-order valence-corrected chi connectivity index (χ4v) is 3.75. The van der Waals surface area contributed by atoms with Crippen LogP contribution in [0.5, 0.6) is 0 Å². The summed E-state index contributed by atoms with van der Waals surface area (Å²) in [5, 5.41) is 0.120. The van der Waals surface area contributed by atoms with Crippen LogP contribution < -0.4 is 0 Å². The van der Waals surface area contributed by atoms with E-state index in [1.165, 1.54) is 0 Å². The molecule has 1 saturated heterocycles. The molecule has 1 fully saturated rings. The van der Waals surface area contributed by atoms with Crippen LogP contribution in [0.3, 0.4) is 0 Å². The first-order valence-corrected chi connectivity index (χ1v) is 5.91.